The summed E-state index contributed by atoms with van der Waals surface area (Å²) in [7, 11) is 0. The third kappa shape index (κ3) is 3.42. The molecule has 1 aromatic carbocycles. The predicted molar refractivity (Wildman–Crippen MR) is 86.2 cm³/mol. The van der Waals surface area contributed by atoms with Gasteiger partial charge in [0.15, 0.2) is 12.7 Å². The zero-order chi connectivity index (χ0) is 17.1. The summed E-state index contributed by atoms with van der Waals surface area (Å²) in [5.41, 5.74) is 0.572. The number of amides is 1. The smallest absolute Gasteiger partial charge is 0.334 e. The second-order valence-corrected chi connectivity index (χ2v) is 5.68. The number of carboxylic acids is 1. The van der Waals surface area contributed by atoms with Crippen LogP contribution in [0.1, 0.15) is 0 Å². The number of carboxylic acid groups (broad SMARTS) is 1. The number of morpholine rings is 1. The molecule has 1 aliphatic rings. The Hall–Kier alpha value is -2.38. The van der Waals surface area contributed by atoms with Gasteiger partial charge in [-0.05, 0) is 24.3 Å². The van der Waals surface area contributed by atoms with Gasteiger partial charge in [-0.3, -0.25) is 9.78 Å². The van der Waals surface area contributed by atoms with E-state index in [9.17, 15) is 9.59 Å². The lowest BCUT2D eigenvalue weighted by molar-refractivity contribution is -0.159. The van der Waals surface area contributed by atoms with Crippen molar-refractivity contribution < 1.29 is 24.2 Å². The van der Waals surface area contributed by atoms with E-state index in [1.54, 1.807) is 24.4 Å². The molecule has 0 radical (unpaired) electrons. The first kappa shape index (κ1) is 16.5. The maximum absolute atomic E-state index is 12.2. The topological polar surface area (TPSA) is 89.0 Å². The Balaban J connectivity index is 1.69. The number of nitrogens with zero attached hydrogens (tertiary/aromatic N) is 2. The Morgan fingerprint density at radius 3 is 3.04 bits per heavy atom. The average molecular weight is 351 g/mol. The van der Waals surface area contributed by atoms with Crippen molar-refractivity contribution >= 4 is 34.4 Å². The molecular weight excluding hydrogens is 336 g/mol. The van der Waals surface area contributed by atoms with Gasteiger partial charge in [0.05, 0.1) is 18.2 Å². The lowest BCUT2D eigenvalue weighted by Crippen LogP contribution is -2.49. The zero-order valence-corrected chi connectivity index (χ0v) is 13.4. The van der Waals surface area contributed by atoms with Crippen molar-refractivity contribution in [3.8, 4) is 5.75 Å². The number of hydrogen-bond acceptors (Lipinski definition) is 5. The largest absolute Gasteiger partial charge is 0.481 e. The minimum Gasteiger partial charge on any atom is -0.481 e. The molecule has 1 amide bonds. The van der Waals surface area contributed by atoms with Crippen LogP contribution < -0.4 is 4.74 Å². The van der Waals surface area contributed by atoms with Gasteiger partial charge >= 0.3 is 5.97 Å². The first-order valence-electron chi connectivity index (χ1n) is 7.34. The Morgan fingerprint density at radius 1 is 1.42 bits per heavy atom. The number of rotatable bonds is 4. The van der Waals surface area contributed by atoms with E-state index >= 15 is 0 Å². The van der Waals surface area contributed by atoms with Crippen LogP contribution in [0.15, 0.2) is 30.5 Å². The van der Waals surface area contributed by atoms with E-state index in [1.165, 1.54) is 4.90 Å². The van der Waals surface area contributed by atoms with Crippen LogP contribution in [0.3, 0.4) is 0 Å². The number of aliphatic carboxylic acids is 1. The van der Waals surface area contributed by atoms with Gasteiger partial charge in [-0.2, -0.15) is 0 Å². The van der Waals surface area contributed by atoms with Gasteiger partial charge < -0.3 is 19.5 Å². The van der Waals surface area contributed by atoms with Crippen LogP contribution >= 0.6 is 11.6 Å². The van der Waals surface area contributed by atoms with Crippen molar-refractivity contribution in [3.63, 3.8) is 0 Å². The maximum Gasteiger partial charge on any atom is 0.334 e. The Bertz CT molecular complexity index is 782. The third-order valence-corrected chi connectivity index (χ3v) is 4.05. The summed E-state index contributed by atoms with van der Waals surface area (Å²) < 4.78 is 10.7. The zero-order valence-electron chi connectivity index (χ0n) is 12.6. The first-order valence-corrected chi connectivity index (χ1v) is 7.72. The molecule has 0 aliphatic carbocycles. The fraction of sp³-hybridized carbons (Fsp3) is 0.312. The lowest BCUT2D eigenvalue weighted by Gasteiger charge is -2.30. The van der Waals surface area contributed by atoms with Crippen molar-refractivity contribution in [1.29, 1.82) is 0 Å². The fourth-order valence-electron chi connectivity index (χ4n) is 2.48. The van der Waals surface area contributed by atoms with E-state index < -0.39 is 12.1 Å². The number of halogens is 1. The van der Waals surface area contributed by atoms with Gasteiger partial charge in [0.25, 0.3) is 5.91 Å². The number of hydrogen-bond donors (Lipinski definition) is 1. The molecule has 126 valence electrons. The van der Waals surface area contributed by atoms with Crippen LogP contribution in [-0.2, 0) is 14.3 Å². The maximum atomic E-state index is 12.2. The summed E-state index contributed by atoms with van der Waals surface area (Å²) >= 11 is 6.12. The quantitative estimate of drug-likeness (QED) is 0.900. The summed E-state index contributed by atoms with van der Waals surface area (Å²) in [6.07, 6.45) is 0.619. The molecule has 0 bridgehead atoms. The molecule has 8 heteroatoms. The molecule has 1 unspecified atom stereocenters. The molecule has 7 nitrogen and oxygen atoms in total. The van der Waals surface area contributed by atoms with E-state index in [0.717, 1.165) is 5.39 Å². The summed E-state index contributed by atoms with van der Waals surface area (Å²) in [6, 6.07) is 6.92. The molecule has 1 N–H and O–H groups in total. The van der Waals surface area contributed by atoms with Gasteiger partial charge in [0.2, 0.25) is 0 Å². The Morgan fingerprint density at radius 2 is 2.25 bits per heavy atom. The Kier molecular flexibility index (Phi) is 4.82. The fourth-order valence-corrected chi connectivity index (χ4v) is 2.70. The van der Waals surface area contributed by atoms with Gasteiger partial charge in [-0.15, -0.1) is 0 Å². The number of carbonyl (C=O) groups excluding carboxylic acids is 1. The Labute approximate surface area is 142 Å². The van der Waals surface area contributed by atoms with E-state index in [2.05, 4.69) is 4.98 Å². The van der Waals surface area contributed by atoms with Crippen LogP contribution in [0, 0.1) is 0 Å². The van der Waals surface area contributed by atoms with E-state index in [0.29, 0.717) is 22.8 Å². The van der Waals surface area contributed by atoms with Crippen LogP contribution in [0.2, 0.25) is 5.02 Å². The minimum absolute atomic E-state index is 0.0111. The molecular formula is C16H15ClN2O5. The molecule has 1 fully saturated rings. The second kappa shape index (κ2) is 7.02. The van der Waals surface area contributed by atoms with Crippen LogP contribution in [-0.4, -0.2) is 59.3 Å². The normalized spacial score (nSPS) is 17.7. The molecule has 0 spiro atoms. The number of pyridine rings is 1. The summed E-state index contributed by atoms with van der Waals surface area (Å²) in [5, 5.41) is 10.3. The molecule has 1 aromatic heterocycles. The van der Waals surface area contributed by atoms with Crippen molar-refractivity contribution in [2.45, 2.75) is 6.10 Å². The molecule has 2 aromatic rings. The van der Waals surface area contributed by atoms with Gasteiger partial charge in [0, 0.05) is 18.1 Å². The highest BCUT2D eigenvalue weighted by atomic mass is 35.5. The highest BCUT2D eigenvalue weighted by molar-refractivity contribution is 6.35. The second-order valence-electron chi connectivity index (χ2n) is 5.27. The van der Waals surface area contributed by atoms with Gasteiger partial charge in [0.1, 0.15) is 11.3 Å². The van der Waals surface area contributed by atoms with Crippen molar-refractivity contribution in [3.05, 3.63) is 35.5 Å². The number of carbonyl (C=O) groups is 2. The third-order valence-electron chi connectivity index (χ3n) is 3.73. The molecule has 2 heterocycles. The molecule has 0 saturated carbocycles. The van der Waals surface area contributed by atoms with E-state index in [4.69, 9.17) is 26.2 Å². The first-order chi connectivity index (χ1) is 11.6. The standard InChI is InChI=1S/C16H15ClN2O5/c17-11-3-4-12(15-10(11)2-1-5-18-15)24-9-14(20)19-6-7-23-13(8-19)16(21)22/h1-5,13H,6-9H2,(H,21,22). The van der Waals surface area contributed by atoms with Gasteiger partial charge in [-0.1, -0.05) is 11.6 Å². The average Bonchev–Trinajstić information content (AvgIpc) is 2.61. The lowest BCUT2D eigenvalue weighted by atomic mass is 10.2. The summed E-state index contributed by atoms with van der Waals surface area (Å²) in [6.45, 7) is 0.330. The van der Waals surface area contributed by atoms with Crippen LogP contribution in [0.25, 0.3) is 10.9 Å². The molecule has 24 heavy (non-hydrogen) atoms. The van der Waals surface area contributed by atoms with Crippen molar-refractivity contribution in [2.24, 2.45) is 0 Å². The number of fused-ring (bicyclic) bond motifs is 1. The summed E-state index contributed by atoms with van der Waals surface area (Å²) in [4.78, 5) is 28.9. The predicted octanol–water partition coefficient (Wildman–Crippen LogP) is 1.58. The summed E-state index contributed by atoms with van der Waals surface area (Å²) in [5.74, 6) is -0.934. The van der Waals surface area contributed by atoms with Gasteiger partial charge in [-0.25, -0.2) is 4.79 Å². The van der Waals surface area contributed by atoms with Crippen molar-refractivity contribution in [1.82, 2.24) is 9.88 Å². The molecule has 1 saturated heterocycles. The highest BCUT2D eigenvalue weighted by Gasteiger charge is 2.29. The molecule has 3 rings (SSSR count). The van der Waals surface area contributed by atoms with E-state index in [1.807, 2.05) is 6.07 Å². The molecule has 1 atom stereocenters. The minimum atomic E-state index is -1.08. The van der Waals surface area contributed by atoms with Crippen molar-refractivity contribution in [2.75, 3.05) is 26.3 Å². The SMILES string of the molecule is O=C(O)C1CN(C(=O)COc2ccc(Cl)c3cccnc23)CCO1. The molecule has 1 aliphatic heterocycles. The number of benzene rings is 1. The number of ether oxygens (including phenoxy) is 2. The monoisotopic (exact) mass is 350 g/mol. The van der Waals surface area contributed by atoms with Crippen LogP contribution in [0.5, 0.6) is 5.75 Å². The van der Waals surface area contributed by atoms with Crippen LogP contribution in [0.4, 0.5) is 0 Å². The highest BCUT2D eigenvalue weighted by Crippen LogP contribution is 2.29. The number of aromatic nitrogens is 1. The van der Waals surface area contributed by atoms with E-state index in [-0.39, 0.29) is 25.7 Å².